The second-order valence-corrected chi connectivity index (χ2v) is 17.6. The van der Waals surface area contributed by atoms with Gasteiger partial charge in [0.25, 0.3) is 0 Å². The topological polar surface area (TPSA) is 153 Å². The van der Waals surface area contributed by atoms with Crippen molar-refractivity contribution < 1.29 is 14.3 Å². The molecule has 1 saturated heterocycles. The molecule has 362 valence electrons. The SMILES string of the molecule is C=CC(CCC=O)N1Cc2c(NCCOCCCCCCCCCOc3cccc(CNC(=C)c4cccc(NC5(c6nc(-c7ccncc7)n[nH]6)CCNCC5)c4)c3)cccc2C1=C.CNC. The van der Waals surface area contributed by atoms with Gasteiger partial charge in [0.1, 0.15) is 12.0 Å². The van der Waals surface area contributed by atoms with Gasteiger partial charge in [0.05, 0.1) is 18.8 Å². The number of carbonyl (C=O) groups excluding carboxylic acids is 1. The van der Waals surface area contributed by atoms with Gasteiger partial charge in [-0.15, -0.1) is 6.58 Å². The Morgan fingerprint density at radius 1 is 0.912 bits per heavy atom. The minimum absolute atomic E-state index is 0.0997. The highest BCUT2D eigenvalue weighted by Crippen LogP contribution is 2.38. The number of benzene rings is 3. The second kappa shape index (κ2) is 27.5. The van der Waals surface area contributed by atoms with Gasteiger partial charge in [-0.2, -0.15) is 5.10 Å². The number of nitrogens with one attached hydrogen (secondary N) is 6. The zero-order chi connectivity index (χ0) is 47.8. The fourth-order valence-corrected chi connectivity index (χ4v) is 8.81. The van der Waals surface area contributed by atoms with Crippen LogP contribution in [-0.2, 0) is 28.2 Å². The minimum atomic E-state index is -0.378. The maximum atomic E-state index is 11.0. The zero-order valence-electron chi connectivity index (χ0n) is 40.5. The average molecular weight is 923 g/mol. The van der Waals surface area contributed by atoms with E-state index in [0.29, 0.717) is 25.4 Å². The van der Waals surface area contributed by atoms with Crippen LogP contribution >= 0.6 is 0 Å². The van der Waals surface area contributed by atoms with Crippen LogP contribution < -0.4 is 31.3 Å². The van der Waals surface area contributed by atoms with E-state index in [1.807, 2.05) is 38.4 Å². The van der Waals surface area contributed by atoms with E-state index in [1.54, 1.807) is 12.4 Å². The van der Waals surface area contributed by atoms with Crippen LogP contribution in [0.3, 0.4) is 0 Å². The predicted molar refractivity (Wildman–Crippen MR) is 278 cm³/mol. The normalized spacial score (nSPS) is 14.3. The Hall–Kier alpha value is -6.28. The number of aromatic nitrogens is 4. The van der Waals surface area contributed by atoms with Crippen molar-refractivity contribution in [2.75, 3.05) is 64.2 Å². The standard InChI is InChI=1S/C53H67N9O3.C2H7N/c1-4-46(19-15-32-63)62-39-49-48(41(62)3)21-14-22-50(49)56-31-35-64-33-10-8-6-5-7-9-11-34-65-47-20-12-16-42(36-47)38-57-40(2)44-17-13-18-45(37-44)59-53(25-29-55-30-26-53)52-58-51(60-61-52)43-23-27-54-28-24-43;1-3-2/h4,12-14,16-18,20-24,27-28,32,36-37,46,55-57,59H,1-3,5-11,15,19,25-26,29-31,33-35,38-39H2,(H,58,60,61);3H,1-2H3. The van der Waals surface area contributed by atoms with Gasteiger partial charge in [-0.25, -0.2) is 4.98 Å². The summed E-state index contributed by atoms with van der Waals surface area (Å²) in [5, 5.41) is 25.0. The largest absolute Gasteiger partial charge is 0.494 e. The van der Waals surface area contributed by atoms with E-state index in [1.165, 1.54) is 37.7 Å². The van der Waals surface area contributed by atoms with Crippen LogP contribution in [0.15, 0.2) is 117 Å². The lowest BCUT2D eigenvalue weighted by Crippen LogP contribution is -2.46. The summed E-state index contributed by atoms with van der Waals surface area (Å²) in [6, 6.07) is 27.0. The molecular formula is C55H74N10O3. The molecular weight excluding hydrogens is 849 g/mol. The Balaban J connectivity index is 0.00000247. The fraction of sp³-hybridized carbons (Fsp3) is 0.418. The van der Waals surface area contributed by atoms with Gasteiger partial charge < -0.3 is 45.8 Å². The quantitative estimate of drug-likeness (QED) is 0.0161. The molecule has 2 aliphatic rings. The molecule has 0 amide bonds. The van der Waals surface area contributed by atoms with Crippen LogP contribution in [-0.4, -0.2) is 90.9 Å². The Labute approximate surface area is 404 Å². The summed E-state index contributed by atoms with van der Waals surface area (Å²) in [4.78, 5) is 22.3. The first kappa shape index (κ1) is 51.1. The Kier molecular flexibility index (Phi) is 20.7. The molecule has 0 bridgehead atoms. The van der Waals surface area contributed by atoms with Crippen LogP contribution in [0.1, 0.15) is 98.7 Å². The molecule has 0 radical (unpaired) electrons. The molecule has 6 N–H and O–H groups in total. The molecule has 1 atom stereocenters. The lowest BCUT2D eigenvalue weighted by molar-refractivity contribution is -0.108. The number of ether oxygens (including phenoxy) is 2. The Morgan fingerprint density at radius 3 is 2.41 bits per heavy atom. The molecule has 68 heavy (non-hydrogen) atoms. The number of hydrogen-bond acceptors (Lipinski definition) is 12. The van der Waals surface area contributed by atoms with Gasteiger partial charge >= 0.3 is 0 Å². The van der Waals surface area contributed by atoms with Crippen LogP contribution in [0, 0.1) is 0 Å². The van der Waals surface area contributed by atoms with Crippen molar-refractivity contribution in [1.29, 1.82) is 0 Å². The molecule has 13 heteroatoms. The molecule has 3 aromatic carbocycles. The lowest BCUT2D eigenvalue weighted by Gasteiger charge is -2.37. The van der Waals surface area contributed by atoms with E-state index in [4.69, 9.17) is 14.5 Å². The molecule has 0 saturated carbocycles. The number of aromatic amines is 1. The Bertz CT molecular complexity index is 2330. The molecule has 1 unspecified atom stereocenters. The third-order valence-electron chi connectivity index (χ3n) is 12.5. The molecule has 2 aromatic heterocycles. The van der Waals surface area contributed by atoms with Gasteiger partial charge in [0.15, 0.2) is 11.6 Å². The van der Waals surface area contributed by atoms with E-state index >= 15 is 0 Å². The van der Waals surface area contributed by atoms with Gasteiger partial charge in [-0.1, -0.05) is 87.7 Å². The summed E-state index contributed by atoms with van der Waals surface area (Å²) >= 11 is 0. The number of anilines is 2. The summed E-state index contributed by atoms with van der Waals surface area (Å²) in [6.45, 7) is 18.8. The maximum absolute atomic E-state index is 11.0. The highest BCUT2D eigenvalue weighted by molar-refractivity contribution is 5.75. The van der Waals surface area contributed by atoms with E-state index in [2.05, 4.69) is 127 Å². The number of H-pyrrole nitrogens is 1. The second-order valence-electron chi connectivity index (χ2n) is 17.6. The van der Waals surface area contributed by atoms with Crippen molar-refractivity contribution in [3.05, 3.63) is 145 Å². The third kappa shape index (κ3) is 14.9. The van der Waals surface area contributed by atoms with Crippen LogP contribution in [0.2, 0.25) is 0 Å². The smallest absolute Gasteiger partial charge is 0.181 e. The molecule has 7 rings (SSSR count). The van der Waals surface area contributed by atoms with E-state index in [-0.39, 0.29) is 11.6 Å². The number of hydrogen-bond donors (Lipinski definition) is 6. The van der Waals surface area contributed by atoms with Crippen molar-refractivity contribution in [2.24, 2.45) is 0 Å². The van der Waals surface area contributed by atoms with Crippen molar-refractivity contribution in [2.45, 2.75) is 95.3 Å². The third-order valence-corrected chi connectivity index (χ3v) is 12.5. The number of nitrogens with zero attached hydrogens (tertiary/aromatic N) is 4. The van der Waals surface area contributed by atoms with Crippen molar-refractivity contribution in [1.82, 2.24) is 41.0 Å². The summed E-state index contributed by atoms with van der Waals surface area (Å²) in [7, 11) is 3.75. The van der Waals surface area contributed by atoms with Crippen molar-refractivity contribution >= 4 is 29.1 Å². The minimum Gasteiger partial charge on any atom is -0.494 e. The number of carbonyl (C=O) groups is 1. The molecule has 1 fully saturated rings. The van der Waals surface area contributed by atoms with Crippen LogP contribution in [0.4, 0.5) is 11.4 Å². The monoisotopic (exact) mass is 923 g/mol. The molecule has 13 nitrogen and oxygen atoms in total. The summed E-state index contributed by atoms with van der Waals surface area (Å²) in [6.07, 6.45) is 17.6. The first-order chi connectivity index (χ1) is 33.4. The molecule has 4 heterocycles. The van der Waals surface area contributed by atoms with Crippen LogP contribution in [0.25, 0.3) is 22.8 Å². The van der Waals surface area contributed by atoms with Crippen molar-refractivity contribution in [3.8, 4) is 17.1 Å². The molecule has 0 spiro atoms. The number of fused-ring (bicyclic) bond motifs is 1. The van der Waals surface area contributed by atoms with Gasteiger partial charge in [-0.3, -0.25) is 10.1 Å². The zero-order valence-corrected chi connectivity index (χ0v) is 40.5. The van der Waals surface area contributed by atoms with Crippen molar-refractivity contribution in [3.63, 3.8) is 0 Å². The highest BCUT2D eigenvalue weighted by atomic mass is 16.5. The first-order valence-corrected chi connectivity index (χ1v) is 24.5. The summed E-state index contributed by atoms with van der Waals surface area (Å²) in [5.41, 5.74) is 9.12. The number of aldehydes is 1. The van der Waals surface area contributed by atoms with E-state index in [0.717, 1.165) is 134 Å². The highest BCUT2D eigenvalue weighted by Gasteiger charge is 2.37. The molecule has 5 aromatic rings. The van der Waals surface area contributed by atoms with Gasteiger partial charge in [0.2, 0.25) is 0 Å². The van der Waals surface area contributed by atoms with Crippen LogP contribution in [0.5, 0.6) is 5.75 Å². The van der Waals surface area contributed by atoms with E-state index < -0.39 is 0 Å². The summed E-state index contributed by atoms with van der Waals surface area (Å²) in [5.74, 6) is 2.41. The average Bonchev–Trinajstić information content (AvgIpc) is 4.01. The van der Waals surface area contributed by atoms with Gasteiger partial charge in [-0.05, 0) is 113 Å². The number of piperidine rings is 1. The molecule has 0 aliphatic carbocycles. The molecule has 2 aliphatic heterocycles. The van der Waals surface area contributed by atoms with Gasteiger partial charge in [0, 0.05) is 90.6 Å². The number of unbranched alkanes of at least 4 members (excludes halogenated alkanes) is 6. The Morgan fingerprint density at radius 2 is 1.65 bits per heavy atom. The first-order valence-electron chi connectivity index (χ1n) is 24.5. The number of rotatable bonds is 28. The van der Waals surface area contributed by atoms with E-state index in [9.17, 15) is 4.79 Å². The lowest BCUT2D eigenvalue weighted by atomic mass is 9.87. The fourth-order valence-electron chi connectivity index (χ4n) is 8.81. The number of pyridine rings is 1. The summed E-state index contributed by atoms with van der Waals surface area (Å²) < 4.78 is 12.1. The predicted octanol–water partition coefficient (Wildman–Crippen LogP) is 9.71. The maximum Gasteiger partial charge on any atom is 0.181 e.